The summed E-state index contributed by atoms with van der Waals surface area (Å²) in [5, 5.41) is 0. The van der Waals surface area contributed by atoms with Crippen LogP contribution in [0.1, 0.15) is 78.1 Å². The molecule has 0 radical (unpaired) electrons. The molecular weight excluding hydrogens is 336 g/mol. The topological polar surface area (TPSA) is 43.4 Å². The van der Waals surface area contributed by atoms with Crippen LogP contribution in [0.25, 0.3) is 0 Å². The fourth-order valence-electron chi connectivity index (χ4n) is 8.34. The standard InChI is InChI=1S/C24H32O3/c1-22(24(14-3-4-14)10-7-21(26)27-24)8-6-19-18(13-22)16-12-17(16)20-11-15(25)5-9-23(19,20)2/h11,14,16-19H,3-10,12-13H2,1-2H3/t16-,17+,18?,19?,22-,23+,24-/m0/s1. The van der Waals surface area contributed by atoms with Crippen molar-refractivity contribution >= 4 is 11.8 Å². The van der Waals surface area contributed by atoms with E-state index in [4.69, 9.17) is 4.74 Å². The third-order valence-electron chi connectivity index (χ3n) is 9.94. The molecule has 0 spiro atoms. The Kier molecular flexibility index (Phi) is 3.16. The van der Waals surface area contributed by atoms with Crippen molar-refractivity contribution in [3.8, 4) is 0 Å². The monoisotopic (exact) mass is 368 g/mol. The summed E-state index contributed by atoms with van der Waals surface area (Å²) in [6.45, 7) is 4.92. The Labute approximate surface area is 162 Å². The molecule has 5 fully saturated rings. The first-order valence-corrected chi connectivity index (χ1v) is 11.3. The first-order valence-electron chi connectivity index (χ1n) is 11.3. The van der Waals surface area contributed by atoms with Crippen molar-refractivity contribution in [1.82, 2.24) is 0 Å². The number of fused-ring (bicyclic) bond motifs is 6. The summed E-state index contributed by atoms with van der Waals surface area (Å²) < 4.78 is 6.19. The maximum atomic E-state index is 12.1. The molecule has 3 nitrogen and oxygen atoms in total. The Morgan fingerprint density at radius 2 is 1.81 bits per heavy atom. The number of hydrogen-bond donors (Lipinski definition) is 0. The molecule has 4 saturated carbocycles. The van der Waals surface area contributed by atoms with Crippen LogP contribution in [0.2, 0.25) is 0 Å². The lowest BCUT2D eigenvalue weighted by Crippen LogP contribution is -2.55. The van der Waals surface area contributed by atoms with Gasteiger partial charge in [0.15, 0.2) is 5.78 Å². The smallest absolute Gasteiger partial charge is 0.306 e. The van der Waals surface area contributed by atoms with Crippen molar-refractivity contribution in [2.24, 2.45) is 40.4 Å². The molecule has 6 aliphatic rings. The van der Waals surface area contributed by atoms with Gasteiger partial charge in [-0.05, 0) is 92.4 Å². The maximum Gasteiger partial charge on any atom is 0.306 e. The third-order valence-corrected chi connectivity index (χ3v) is 9.94. The van der Waals surface area contributed by atoms with E-state index in [1.165, 1.54) is 44.1 Å². The fraction of sp³-hybridized carbons (Fsp3) is 0.833. The fourth-order valence-corrected chi connectivity index (χ4v) is 8.34. The molecule has 7 atom stereocenters. The van der Waals surface area contributed by atoms with Gasteiger partial charge >= 0.3 is 5.97 Å². The molecule has 0 bridgehead atoms. The van der Waals surface area contributed by atoms with Gasteiger partial charge in [-0.3, -0.25) is 9.59 Å². The number of ketones is 1. The number of cyclic esters (lactones) is 1. The average Bonchev–Trinajstić information content (AvgIpc) is 3.55. The van der Waals surface area contributed by atoms with Crippen molar-refractivity contribution in [2.45, 2.75) is 83.7 Å². The van der Waals surface area contributed by atoms with Crippen molar-refractivity contribution in [1.29, 1.82) is 0 Å². The highest BCUT2D eigenvalue weighted by Crippen LogP contribution is 2.72. The van der Waals surface area contributed by atoms with Gasteiger partial charge in [0, 0.05) is 18.3 Å². The summed E-state index contributed by atoms with van der Waals surface area (Å²) in [7, 11) is 0. The Balaban J connectivity index is 1.35. The van der Waals surface area contributed by atoms with Gasteiger partial charge in [0.1, 0.15) is 5.60 Å². The van der Waals surface area contributed by atoms with E-state index in [1.54, 1.807) is 0 Å². The van der Waals surface area contributed by atoms with Crippen molar-refractivity contribution in [3.05, 3.63) is 11.6 Å². The lowest BCUT2D eigenvalue weighted by Gasteiger charge is -2.58. The molecule has 0 aromatic carbocycles. The van der Waals surface area contributed by atoms with E-state index >= 15 is 0 Å². The van der Waals surface area contributed by atoms with E-state index in [0.717, 1.165) is 37.0 Å². The Morgan fingerprint density at radius 3 is 2.52 bits per heavy atom. The summed E-state index contributed by atoms with van der Waals surface area (Å²) in [4.78, 5) is 24.2. The highest BCUT2D eigenvalue weighted by Gasteiger charge is 2.68. The van der Waals surface area contributed by atoms with Gasteiger partial charge in [-0.15, -0.1) is 0 Å². The lowest BCUT2D eigenvalue weighted by molar-refractivity contribution is -0.176. The number of rotatable bonds is 2. The molecule has 0 aromatic rings. The second kappa shape index (κ2) is 5.07. The van der Waals surface area contributed by atoms with Crippen molar-refractivity contribution < 1.29 is 14.3 Å². The molecule has 0 aromatic heterocycles. The molecule has 146 valence electrons. The first-order chi connectivity index (χ1) is 12.9. The van der Waals surface area contributed by atoms with E-state index in [9.17, 15) is 9.59 Å². The Bertz CT molecular complexity index is 764. The third kappa shape index (κ3) is 2.09. The summed E-state index contributed by atoms with van der Waals surface area (Å²) in [6.07, 6.45) is 12.9. The van der Waals surface area contributed by atoms with Crippen molar-refractivity contribution in [2.75, 3.05) is 0 Å². The minimum Gasteiger partial charge on any atom is -0.458 e. The Morgan fingerprint density at radius 1 is 1.00 bits per heavy atom. The number of allylic oxidation sites excluding steroid dienone is 2. The van der Waals surface area contributed by atoms with E-state index in [0.29, 0.717) is 24.0 Å². The average molecular weight is 369 g/mol. The second-order valence-electron chi connectivity index (χ2n) is 11.2. The molecule has 1 saturated heterocycles. The van der Waals surface area contributed by atoms with E-state index in [2.05, 4.69) is 13.8 Å². The van der Waals surface area contributed by atoms with Crippen LogP contribution in [-0.4, -0.2) is 17.4 Å². The Hall–Kier alpha value is -1.12. The molecule has 1 aliphatic heterocycles. The lowest BCUT2D eigenvalue weighted by atomic mass is 9.47. The van der Waals surface area contributed by atoms with Crippen LogP contribution in [-0.2, 0) is 14.3 Å². The molecule has 1 heterocycles. The summed E-state index contributed by atoms with van der Waals surface area (Å²) in [5.74, 6) is 3.96. The van der Waals surface area contributed by atoms with Crippen LogP contribution in [0, 0.1) is 40.4 Å². The highest BCUT2D eigenvalue weighted by molar-refractivity contribution is 5.92. The van der Waals surface area contributed by atoms with Crippen LogP contribution in [0.4, 0.5) is 0 Å². The first kappa shape index (κ1) is 16.8. The van der Waals surface area contributed by atoms with Gasteiger partial charge in [-0.2, -0.15) is 0 Å². The number of esters is 1. The molecular formula is C24H32O3. The van der Waals surface area contributed by atoms with E-state index in [-0.39, 0.29) is 22.4 Å². The summed E-state index contributed by atoms with van der Waals surface area (Å²) >= 11 is 0. The molecule has 0 N–H and O–H groups in total. The number of ether oxygens (including phenoxy) is 1. The normalized spacial score (nSPS) is 53.8. The van der Waals surface area contributed by atoms with Gasteiger partial charge < -0.3 is 4.74 Å². The maximum absolute atomic E-state index is 12.1. The van der Waals surface area contributed by atoms with Crippen LogP contribution in [0.3, 0.4) is 0 Å². The predicted octanol–water partition coefficient (Wildman–Crippen LogP) is 4.84. The molecule has 6 rings (SSSR count). The van der Waals surface area contributed by atoms with Crippen LogP contribution < -0.4 is 0 Å². The van der Waals surface area contributed by atoms with Gasteiger partial charge in [-0.1, -0.05) is 19.4 Å². The van der Waals surface area contributed by atoms with Crippen LogP contribution in [0.15, 0.2) is 11.6 Å². The van der Waals surface area contributed by atoms with Crippen molar-refractivity contribution in [3.63, 3.8) is 0 Å². The number of hydrogen-bond acceptors (Lipinski definition) is 3. The van der Waals surface area contributed by atoms with Gasteiger partial charge in [-0.25, -0.2) is 0 Å². The SMILES string of the molecule is C[C@]1([C@@]2(C3CC3)CCC(=O)O2)CCC2C(C1)[C@H]1C[C@H]1C1=CC(=O)CC[C@@]12C. The zero-order chi connectivity index (χ0) is 18.6. The number of carbonyl (C=O) groups is 2. The van der Waals surface area contributed by atoms with Crippen LogP contribution >= 0.6 is 0 Å². The van der Waals surface area contributed by atoms with E-state index in [1.807, 2.05) is 6.08 Å². The largest absolute Gasteiger partial charge is 0.458 e. The molecule has 5 aliphatic carbocycles. The predicted molar refractivity (Wildman–Crippen MR) is 102 cm³/mol. The van der Waals surface area contributed by atoms with Gasteiger partial charge in [0.2, 0.25) is 0 Å². The summed E-state index contributed by atoms with van der Waals surface area (Å²) in [5.41, 5.74) is 1.74. The number of carbonyl (C=O) groups excluding carboxylic acids is 2. The summed E-state index contributed by atoms with van der Waals surface area (Å²) in [6, 6.07) is 0. The zero-order valence-electron chi connectivity index (χ0n) is 16.8. The van der Waals surface area contributed by atoms with Gasteiger partial charge in [0.25, 0.3) is 0 Å². The molecule has 3 heteroatoms. The van der Waals surface area contributed by atoms with Crippen LogP contribution in [0.5, 0.6) is 0 Å². The molecule has 2 unspecified atom stereocenters. The van der Waals surface area contributed by atoms with Gasteiger partial charge in [0.05, 0.1) is 0 Å². The minimum absolute atomic E-state index is 0.0427. The quantitative estimate of drug-likeness (QED) is 0.655. The molecule has 0 amide bonds. The zero-order valence-corrected chi connectivity index (χ0v) is 16.8. The molecule has 27 heavy (non-hydrogen) atoms. The van der Waals surface area contributed by atoms with E-state index < -0.39 is 0 Å². The second-order valence-corrected chi connectivity index (χ2v) is 11.2. The minimum atomic E-state index is -0.168. The highest BCUT2D eigenvalue weighted by atomic mass is 16.6.